The minimum atomic E-state index is -0.576. The molecule has 0 radical (unpaired) electrons. The van der Waals surface area contributed by atoms with Crippen molar-refractivity contribution < 1.29 is 28.7 Å². The number of ether oxygens (including phenoxy) is 1. The largest absolute Gasteiger partial charge is 0.462 e. The van der Waals surface area contributed by atoms with Gasteiger partial charge in [0.2, 0.25) is 11.8 Å². The van der Waals surface area contributed by atoms with Gasteiger partial charge in [-0.1, -0.05) is 54.6 Å². The highest BCUT2D eigenvalue weighted by Gasteiger charge is 2.31. The van der Waals surface area contributed by atoms with E-state index in [0.29, 0.717) is 41.3 Å². The SMILES string of the molecule is CCOC(=O)c1c(NC(=O)C(C)Sc2cccc(NC(=O)/C(=C/c3ccccc3)NC(=O)c3ccccc3)c2)sc2c1CCN(C(C)=O)C2. The highest BCUT2D eigenvalue weighted by Crippen LogP contribution is 2.38. The molecule has 49 heavy (non-hydrogen) atoms. The lowest BCUT2D eigenvalue weighted by Crippen LogP contribution is -2.34. The van der Waals surface area contributed by atoms with Crippen molar-refractivity contribution in [2.45, 2.75) is 43.9 Å². The maximum absolute atomic E-state index is 13.5. The molecule has 4 aromatic rings. The van der Waals surface area contributed by atoms with Crippen molar-refractivity contribution >= 4 is 69.5 Å². The second-order valence-corrected chi connectivity index (χ2v) is 13.7. The summed E-state index contributed by atoms with van der Waals surface area (Å²) in [6.45, 7) is 6.04. The number of amides is 4. The van der Waals surface area contributed by atoms with Gasteiger partial charge in [0.15, 0.2) is 0 Å². The molecule has 0 saturated carbocycles. The molecule has 0 saturated heterocycles. The molecule has 5 rings (SSSR count). The summed E-state index contributed by atoms with van der Waals surface area (Å²) in [6, 6.07) is 24.9. The van der Waals surface area contributed by atoms with Crippen LogP contribution < -0.4 is 16.0 Å². The predicted octanol–water partition coefficient (Wildman–Crippen LogP) is 6.36. The smallest absolute Gasteiger partial charge is 0.341 e. The van der Waals surface area contributed by atoms with E-state index in [2.05, 4.69) is 16.0 Å². The Kier molecular flexibility index (Phi) is 11.7. The van der Waals surface area contributed by atoms with Crippen LogP contribution in [-0.2, 0) is 32.1 Å². The Morgan fingerprint density at radius 1 is 0.959 bits per heavy atom. The van der Waals surface area contributed by atoms with Gasteiger partial charge < -0.3 is 25.6 Å². The van der Waals surface area contributed by atoms with Crippen LogP contribution in [0.5, 0.6) is 0 Å². The molecule has 0 bridgehead atoms. The van der Waals surface area contributed by atoms with Crippen molar-refractivity contribution in [2.75, 3.05) is 23.8 Å². The van der Waals surface area contributed by atoms with Gasteiger partial charge in [0.1, 0.15) is 10.7 Å². The molecule has 252 valence electrons. The van der Waals surface area contributed by atoms with Gasteiger partial charge in [-0.3, -0.25) is 19.2 Å². The number of thioether (sulfide) groups is 1. The highest BCUT2D eigenvalue weighted by atomic mass is 32.2. The third-order valence-corrected chi connectivity index (χ3v) is 9.86. The predicted molar refractivity (Wildman–Crippen MR) is 192 cm³/mol. The fourth-order valence-corrected chi connectivity index (χ4v) is 7.34. The second kappa shape index (κ2) is 16.3. The van der Waals surface area contributed by atoms with Crippen LogP contribution >= 0.6 is 23.1 Å². The number of benzene rings is 3. The van der Waals surface area contributed by atoms with Crippen LogP contribution in [-0.4, -0.2) is 52.9 Å². The average Bonchev–Trinajstić information content (AvgIpc) is 3.46. The molecule has 2 heterocycles. The maximum Gasteiger partial charge on any atom is 0.341 e. The average molecular weight is 697 g/mol. The fraction of sp³-hybridized carbons (Fsp3) is 0.216. The van der Waals surface area contributed by atoms with Gasteiger partial charge in [-0.05, 0) is 67.8 Å². The summed E-state index contributed by atoms with van der Waals surface area (Å²) in [4.78, 5) is 68.1. The molecule has 1 aliphatic rings. The van der Waals surface area contributed by atoms with Crippen LogP contribution in [0.3, 0.4) is 0 Å². The maximum atomic E-state index is 13.5. The number of hydrogen-bond acceptors (Lipinski definition) is 8. The number of nitrogens with one attached hydrogen (secondary N) is 3. The summed E-state index contributed by atoms with van der Waals surface area (Å²) in [5.74, 6) is -1.81. The van der Waals surface area contributed by atoms with E-state index in [1.165, 1.54) is 30.0 Å². The number of thiophene rings is 1. The zero-order valence-corrected chi connectivity index (χ0v) is 28.9. The molecule has 1 aliphatic heterocycles. The molecular weight excluding hydrogens is 661 g/mol. The number of hydrogen-bond donors (Lipinski definition) is 3. The molecule has 0 fully saturated rings. The number of esters is 1. The Morgan fingerprint density at radius 3 is 2.37 bits per heavy atom. The molecule has 12 heteroatoms. The van der Waals surface area contributed by atoms with E-state index in [-0.39, 0.29) is 24.1 Å². The van der Waals surface area contributed by atoms with Crippen LogP contribution in [0.15, 0.2) is 95.5 Å². The number of nitrogens with zero attached hydrogens (tertiary/aromatic N) is 1. The Labute approximate surface area is 292 Å². The zero-order chi connectivity index (χ0) is 34.9. The van der Waals surface area contributed by atoms with Gasteiger partial charge in [0, 0.05) is 34.5 Å². The van der Waals surface area contributed by atoms with Gasteiger partial charge in [-0.25, -0.2) is 4.79 Å². The molecule has 1 unspecified atom stereocenters. The van der Waals surface area contributed by atoms with Crippen LogP contribution in [0.2, 0.25) is 0 Å². The summed E-state index contributed by atoms with van der Waals surface area (Å²) in [5, 5.41) is 8.35. The summed E-state index contributed by atoms with van der Waals surface area (Å²) in [5.41, 5.74) is 2.84. The third-order valence-electron chi connectivity index (χ3n) is 7.63. The van der Waals surface area contributed by atoms with Gasteiger partial charge in [0.05, 0.1) is 24.0 Å². The molecule has 0 spiro atoms. The van der Waals surface area contributed by atoms with Crippen molar-refractivity contribution in [1.29, 1.82) is 0 Å². The van der Waals surface area contributed by atoms with Gasteiger partial charge >= 0.3 is 5.97 Å². The minimum Gasteiger partial charge on any atom is -0.462 e. The number of carbonyl (C=O) groups is 5. The molecule has 1 atom stereocenters. The standard InChI is InChI=1S/C37H36N4O6S2/c1-4-47-37(46)32-29-18-19-41(24(3)42)22-31(29)49-36(32)40-33(43)23(2)48-28-17-11-16-27(21-28)38-35(45)30(20-25-12-7-5-8-13-25)39-34(44)26-14-9-6-10-15-26/h5-17,20-21,23H,4,18-19,22H2,1-3H3,(H,38,45)(H,39,44)(H,40,43)/b30-20-. The van der Waals surface area contributed by atoms with Crippen molar-refractivity contribution in [3.63, 3.8) is 0 Å². The fourth-order valence-electron chi connectivity index (χ4n) is 5.15. The second-order valence-electron chi connectivity index (χ2n) is 11.1. The summed E-state index contributed by atoms with van der Waals surface area (Å²) < 4.78 is 5.31. The molecule has 3 N–H and O–H groups in total. The Hall–Kier alpha value is -5.20. The van der Waals surface area contributed by atoms with E-state index in [4.69, 9.17) is 4.74 Å². The van der Waals surface area contributed by atoms with Crippen LogP contribution in [0.25, 0.3) is 6.08 Å². The summed E-state index contributed by atoms with van der Waals surface area (Å²) in [7, 11) is 0. The lowest BCUT2D eigenvalue weighted by atomic mass is 10.0. The minimum absolute atomic E-state index is 0.0499. The molecule has 3 aromatic carbocycles. The monoisotopic (exact) mass is 696 g/mol. The van der Waals surface area contributed by atoms with Crippen molar-refractivity contribution in [3.8, 4) is 0 Å². The first-order chi connectivity index (χ1) is 23.6. The zero-order valence-electron chi connectivity index (χ0n) is 27.3. The first kappa shape index (κ1) is 35.1. The van der Waals surface area contributed by atoms with E-state index in [9.17, 15) is 24.0 Å². The molecule has 1 aromatic heterocycles. The quantitative estimate of drug-likeness (QED) is 0.0945. The lowest BCUT2D eigenvalue weighted by molar-refractivity contribution is -0.129. The number of fused-ring (bicyclic) bond motifs is 1. The van der Waals surface area contributed by atoms with Crippen LogP contribution in [0.1, 0.15) is 57.5 Å². The van der Waals surface area contributed by atoms with Crippen molar-refractivity contribution in [1.82, 2.24) is 10.2 Å². The normalized spacial score (nSPS) is 13.1. The Balaban J connectivity index is 1.29. The van der Waals surface area contributed by atoms with E-state index in [1.54, 1.807) is 73.4 Å². The van der Waals surface area contributed by atoms with E-state index in [0.717, 1.165) is 20.9 Å². The first-order valence-corrected chi connectivity index (χ1v) is 17.4. The van der Waals surface area contributed by atoms with Crippen LogP contribution in [0, 0.1) is 0 Å². The topological polar surface area (TPSA) is 134 Å². The van der Waals surface area contributed by atoms with Crippen molar-refractivity contribution in [3.05, 3.63) is 118 Å². The summed E-state index contributed by atoms with van der Waals surface area (Å²) >= 11 is 2.57. The summed E-state index contributed by atoms with van der Waals surface area (Å²) in [6.07, 6.45) is 2.10. The number of anilines is 2. The Morgan fingerprint density at radius 2 is 1.67 bits per heavy atom. The molecular formula is C37H36N4O6S2. The van der Waals surface area contributed by atoms with E-state index >= 15 is 0 Å². The Bertz CT molecular complexity index is 1890. The first-order valence-electron chi connectivity index (χ1n) is 15.7. The molecule has 4 amide bonds. The molecule has 0 aliphatic carbocycles. The van der Waals surface area contributed by atoms with Gasteiger partial charge in [-0.2, -0.15) is 0 Å². The third kappa shape index (κ3) is 9.04. The van der Waals surface area contributed by atoms with Gasteiger partial charge in [-0.15, -0.1) is 23.1 Å². The van der Waals surface area contributed by atoms with E-state index in [1.807, 2.05) is 36.4 Å². The van der Waals surface area contributed by atoms with E-state index < -0.39 is 23.0 Å². The number of carbonyl (C=O) groups excluding carboxylic acids is 5. The van der Waals surface area contributed by atoms with Crippen molar-refractivity contribution in [2.24, 2.45) is 0 Å². The molecule has 10 nitrogen and oxygen atoms in total. The van der Waals surface area contributed by atoms with Crippen LogP contribution in [0.4, 0.5) is 10.7 Å². The lowest BCUT2D eigenvalue weighted by Gasteiger charge is -2.25. The number of rotatable bonds is 11. The highest BCUT2D eigenvalue weighted by molar-refractivity contribution is 8.00. The van der Waals surface area contributed by atoms with Gasteiger partial charge in [0.25, 0.3) is 11.8 Å².